The zero-order valence-corrected chi connectivity index (χ0v) is 19.1. The molecule has 1 aliphatic rings. The van der Waals surface area contributed by atoms with E-state index in [-0.39, 0.29) is 30.2 Å². The number of carboxylic acids is 1. The van der Waals surface area contributed by atoms with Crippen LogP contribution in [0.4, 0.5) is 0 Å². The minimum Gasteiger partial charge on any atom is -0.508 e. The number of phenolic OH excluding ortho intramolecular Hbond substituents is 1. The van der Waals surface area contributed by atoms with Gasteiger partial charge in [0.05, 0.1) is 6.04 Å². The molecule has 0 spiro atoms. The van der Waals surface area contributed by atoms with Crippen molar-refractivity contribution in [2.45, 2.75) is 43.4 Å². The lowest BCUT2D eigenvalue weighted by Crippen LogP contribution is -2.58. The Bertz CT molecular complexity index is 838. The van der Waals surface area contributed by atoms with E-state index in [9.17, 15) is 29.4 Å². The summed E-state index contributed by atoms with van der Waals surface area (Å²) in [6, 6.07) is 2.09. The molecule has 1 aromatic rings. The minimum atomic E-state index is -1.10. The highest BCUT2D eigenvalue weighted by atomic mass is 32.1. The van der Waals surface area contributed by atoms with Gasteiger partial charge >= 0.3 is 5.97 Å². The Morgan fingerprint density at radius 3 is 2.25 bits per heavy atom. The number of hydrogen-bond donors (Lipinski definition) is 7. The first-order chi connectivity index (χ1) is 15.2. The fourth-order valence-corrected chi connectivity index (χ4v) is 3.80. The number of phenols is 1. The van der Waals surface area contributed by atoms with Crippen LogP contribution >= 0.6 is 25.3 Å². The summed E-state index contributed by atoms with van der Waals surface area (Å²) in [5.74, 6) is -2.80. The van der Waals surface area contributed by atoms with Gasteiger partial charge in [0.25, 0.3) is 0 Å². The quantitative estimate of drug-likeness (QED) is 0.213. The van der Waals surface area contributed by atoms with Gasteiger partial charge in [0.1, 0.15) is 23.9 Å². The van der Waals surface area contributed by atoms with E-state index in [4.69, 9.17) is 5.73 Å². The standard InChI is InChI=1S/C20H28N4O6S2/c21-13(9-31)17(26)22-14(8-11-3-5-12(25)6-4-11)18(27)23-15(10-32)19(28)24-7-1-2-16(24)20(29)30/h3-6,13-16,25,31-32H,1-2,7-10,21H2,(H,22,26)(H,23,27)(H,29,30). The number of aromatic hydroxyl groups is 1. The molecule has 12 heteroatoms. The van der Waals surface area contributed by atoms with E-state index in [1.165, 1.54) is 17.0 Å². The summed E-state index contributed by atoms with van der Waals surface area (Å²) in [6.07, 6.45) is 0.971. The van der Waals surface area contributed by atoms with Gasteiger partial charge < -0.3 is 31.5 Å². The minimum absolute atomic E-state index is 0.0511. The summed E-state index contributed by atoms with van der Waals surface area (Å²) in [5.41, 5.74) is 6.35. The number of nitrogens with zero attached hydrogens (tertiary/aromatic N) is 1. The second-order valence-corrected chi connectivity index (χ2v) is 8.22. The molecule has 32 heavy (non-hydrogen) atoms. The van der Waals surface area contributed by atoms with Crippen LogP contribution < -0.4 is 16.4 Å². The Hall–Kier alpha value is -2.44. The number of carboxylic acid groups (broad SMARTS) is 1. The third kappa shape index (κ3) is 6.78. The smallest absolute Gasteiger partial charge is 0.326 e. The van der Waals surface area contributed by atoms with E-state index >= 15 is 0 Å². The number of rotatable bonds is 10. The molecule has 1 fully saturated rings. The first-order valence-corrected chi connectivity index (χ1v) is 11.3. The molecular formula is C20H28N4O6S2. The zero-order chi connectivity index (χ0) is 23.8. The molecule has 0 radical (unpaired) electrons. The average molecular weight is 485 g/mol. The van der Waals surface area contributed by atoms with Crippen molar-refractivity contribution >= 4 is 48.9 Å². The van der Waals surface area contributed by atoms with E-state index in [0.29, 0.717) is 18.4 Å². The van der Waals surface area contributed by atoms with E-state index < -0.39 is 47.9 Å². The third-order valence-electron chi connectivity index (χ3n) is 5.16. The lowest BCUT2D eigenvalue weighted by molar-refractivity contribution is -0.149. The molecule has 0 aliphatic carbocycles. The lowest BCUT2D eigenvalue weighted by Gasteiger charge is -2.28. The lowest BCUT2D eigenvalue weighted by atomic mass is 10.0. The number of benzene rings is 1. The number of hydrogen-bond acceptors (Lipinski definition) is 8. The number of aliphatic carboxylic acids is 1. The highest BCUT2D eigenvalue weighted by Gasteiger charge is 2.38. The summed E-state index contributed by atoms with van der Waals surface area (Å²) in [6.45, 7) is 0.278. The number of nitrogens with two attached hydrogens (primary N) is 1. The summed E-state index contributed by atoms with van der Waals surface area (Å²) in [7, 11) is 0. The second kappa shape index (κ2) is 12.0. The van der Waals surface area contributed by atoms with Crippen LogP contribution in [-0.4, -0.2) is 81.0 Å². The van der Waals surface area contributed by atoms with E-state index in [1.54, 1.807) is 12.1 Å². The summed E-state index contributed by atoms with van der Waals surface area (Å²) in [5, 5.41) is 23.9. The summed E-state index contributed by atoms with van der Waals surface area (Å²) >= 11 is 8.13. The molecule has 176 valence electrons. The summed E-state index contributed by atoms with van der Waals surface area (Å²) in [4.78, 5) is 50.8. The predicted octanol–water partition coefficient (Wildman–Crippen LogP) is -0.833. The Labute approximate surface area is 196 Å². The van der Waals surface area contributed by atoms with Gasteiger partial charge in [0.2, 0.25) is 17.7 Å². The van der Waals surface area contributed by atoms with Gasteiger partial charge in [-0.05, 0) is 30.5 Å². The van der Waals surface area contributed by atoms with Gasteiger partial charge in [0, 0.05) is 24.5 Å². The molecule has 1 heterocycles. The molecule has 1 aromatic carbocycles. The second-order valence-electron chi connectivity index (χ2n) is 7.49. The third-order valence-corrected chi connectivity index (χ3v) is 5.92. The Balaban J connectivity index is 2.16. The summed E-state index contributed by atoms with van der Waals surface area (Å²) < 4.78 is 0. The molecule has 4 unspecified atom stereocenters. The largest absolute Gasteiger partial charge is 0.508 e. The Morgan fingerprint density at radius 2 is 1.69 bits per heavy atom. The van der Waals surface area contributed by atoms with Crippen LogP contribution in [0.15, 0.2) is 24.3 Å². The molecule has 1 saturated heterocycles. The van der Waals surface area contributed by atoms with Crippen molar-refractivity contribution in [3.8, 4) is 5.75 Å². The molecule has 3 amide bonds. The van der Waals surface area contributed by atoms with Crippen molar-refractivity contribution in [1.82, 2.24) is 15.5 Å². The van der Waals surface area contributed by atoms with Crippen molar-refractivity contribution < 1.29 is 29.4 Å². The Morgan fingerprint density at radius 1 is 1.06 bits per heavy atom. The maximum Gasteiger partial charge on any atom is 0.326 e. The first kappa shape index (κ1) is 25.8. The van der Waals surface area contributed by atoms with Gasteiger partial charge in [-0.25, -0.2) is 4.79 Å². The molecule has 0 aromatic heterocycles. The highest BCUT2D eigenvalue weighted by Crippen LogP contribution is 2.19. The topological polar surface area (TPSA) is 162 Å². The molecule has 1 aliphatic heterocycles. The highest BCUT2D eigenvalue weighted by molar-refractivity contribution is 7.80. The molecule has 10 nitrogen and oxygen atoms in total. The van der Waals surface area contributed by atoms with Gasteiger partial charge in [-0.2, -0.15) is 25.3 Å². The monoisotopic (exact) mass is 484 g/mol. The normalized spacial score (nSPS) is 18.5. The molecule has 2 rings (SSSR count). The van der Waals surface area contributed by atoms with E-state index in [2.05, 4.69) is 35.9 Å². The van der Waals surface area contributed by atoms with Crippen LogP contribution in [0.25, 0.3) is 0 Å². The first-order valence-electron chi connectivity index (χ1n) is 10.1. The van der Waals surface area contributed by atoms with Crippen molar-refractivity contribution in [1.29, 1.82) is 0 Å². The van der Waals surface area contributed by atoms with E-state index in [0.717, 1.165) is 0 Å². The Kier molecular flexibility index (Phi) is 9.66. The maximum absolute atomic E-state index is 13.0. The molecule has 0 bridgehead atoms. The van der Waals surface area contributed by atoms with Crippen LogP contribution in [-0.2, 0) is 25.6 Å². The molecule has 6 N–H and O–H groups in total. The van der Waals surface area contributed by atoms with Gasteiger partial charge in [-0.15, -0.1) is 0 Å². The van der Waals surface area contributed by atoms with Gasteiger partial charge in [-0.3, -0.25) is 14.4 Å². The van der Waals surface area contributed by atoms with Crippen LogP contribution in [0.5, 0.6) is 5.75 Å². The van der Waals surface area contributed by atoms with Crippen LogP contribution in [0, 0.1) is 0 Å². The molecule has 4 atom stereocenters. The number of carbonyl (C=O) groups excluding carboxylic acids is 3. The van der Waals surface area contributed by atoms with Crippen LogP contribution in [0.1, 0.15) is 18.4 Å². The number of carbonyl (C=O) groups is 4. The zero-order valence-electron chi connectivity index (χ0n) is 17.3. The fraction of sp³-hybridized carbons (Fsp3) is 0.500. The predicted molar refractivity (Wildman–Crippen MR) is 124 cm³/mol. The fourth-order valence-electron chi connectivity index (χ4n) is 3.38. The van der Waals surface area contributed by atoms with Crippen molar-refractivity contribution in [2.75, 3.05) is 18.1 Å². The SMILES string of the molecule is NC(CS)C(=O)NC(Cc1ccc(O)cc1)C(=O)NC(CS)C(=O)N1CCCC1C(=O)O. The van der Waals surface area contributed by atoms with Crippen LogP contribution in [0.2, 0.25) is 0 Å². The van der Waals surface area contributed by atoms with Crippen molar-refractivity contribution in [3.05, 3.63) is 29.8 Å². The van der Waals surface area contributed by atoms with Gasteiger partial charge in [-0.1, -0.05) is 12.1 Å². The number of thiol groups is 2. The molecular weight excluding hydrogens is 456 g/mol. The number of nitrogens with one attached hydrogen (secondary N) is 2. The van der Waals surface area contributed by atoms with E-state index in [1.807, 2.05) is 0 Å². The average Bonchev–Trinajstić information content (AvgIpc) is 3.27. The number of likely N-dealkylation sites (tertiary alicyclic amines) is 1. The van der Waals surface area contributed by atoms with Gasteiger partial charge in [0.15, 0.2) is 0 Å². The number of amides is 3. The maximum atomic E-state index is 13.0. The van der Waals surface area contributed by atoms with Crippen molar-refractivity contribution in [3.63, 3.8) is 0 Å². The molecule has 0 saturated carbocycles. The van der Waals surface area contributed by atoms with Crippen LogP contribution in [0.3, 0.4) is 0 Å². The van der Waals surface area contributed by atoms with Crippen molar-refractivity contribution in [2.24, 2.45) is 5.73 Å².